The summed E-state index contributed by atoms with van der Waals surface area (Å²) in [5.41, 5.74) is -5.87. The summed E-state index contributed by atoms with van der Waals surface area (Å²) >= 11 is -2.02. The van der Waals surface area contributed by atoms with Gasteiger partial charge in [-0.2, -0.15) is 26.3 Å². The van der Waals surface area contributed by atoms with Crippen molar-refractivity contribution >= 4 is 53.0 Å². The molecule has 0 N–H and O–H groups in total. The smallest absolute Gasteiger partial charge is 0.373 e. The summed E-state index contributed by atoms with van der Waals surface area (Å²) in [5, 5.41) is 0. The minimum absolute atomic E-state index is 1.35. The molecule has 3 aromatic rings. The maximum absolute atomic E-state index is 10.6. The van der Waals surface area contributed by atoms with Gasteiger partial charge in [-0.25, -0.2) is 0 Å². The molecule has 0 aromatic heterocycles. The first-order valence-electron chi connectivity index (χ1n) is 9.11. The predicted molar refractivity (Wildman–Crippen MR) is 117 cm³/mol. The van der Waals surface area contributed by atoms with Gasteiger partial charge < -0.3 is 16.8 Å². The molecule has 0 unspecified atom stereocenters. The van der Waals surface area contributed by atoms with Crippen LogP contribution >= 0.6 is 0 Å². The average molecular weight is 718 g/mol. The molecule has 1 aliphatic rings. The van der Waals surface area contributed by atoms with Gasteiger partial charge in [-0.1, -0.05) is 0 Å². The van der Waals surface area contributed by atoms with Crippen LogP contribution in [0.15, 0.2) is 72.8 Å². The number of benzene rings is 3. The van der Waals surface area contributed by atoms with E-state index in [4.69, 9.17) is 16.8 Å². The largest absolute Gasteiger partial charge is 0.416 e. The molecule has 1 aliphatic heterocycles. The molecule has 0 fully saturated rings. The van der Waals surface area contributed by atoms with Gasteiger partial charge in [0, 0.05) is 21.4 Å². The molecule has 0 saturated heterocycles. The van der Waals surface area contributed by atoms with Gasteiger partial charge in [-0.05, 0) is 0 Å². The number of fused-ring (bicyclic) bond motifs is 3. The zero-order chi connectivity index (χ0) is 25.7. The molecule has 0 aliphatic carbocycles. The second-order valence-electron chi connectivity index (χ2n) is 6.57. The molecule has 0 spiro atoms. The topological polar surface area (TPSA) is 68.3 Å². The minimum atomic E-state index is -5.08. The van der Waals surface area contributed by atoms with E-state index in [0.29, 0.717) is 0 Å². The molecule has 4 nitrogen and oxygen atoms in total. The first-order chi connectivity index (χ1) is 15.7. The van der Waals surface area contributed by atoms with E-state index in [0.717, 1.165) is 0 Å². The summed E-state index contributed by atoms with van der Waals surface area (Å²) in [5.74, 6) is 0. The molecular formula is C21H15BiF6O4S2. The van der Waals surface area contributed by atoms with Crippen molar-refractivity contribution in [3.63, 3.8) is 0 Å². The number of hydrogen-bond acceptors (Lipinski definition) is 6. The van der Waals surface area contributed by atoms with Crippen LogP contribution in [0, 0.1) is 6.92 Å². The van der Waals surface area contributed by atoms with E-state index in [2.05, 4.69) is 79.7 Å². The van der Waals surface area contributed by atoms with Gasteiger partial charge in [0.05, 0.1) is 0 Å². The molecule has 13 heteroatoms. The normalized spacial score (nSPS) is 12.3. The van der Waals surface area contributed by atoms with Crippen LogP contribution in [0.25, 0.3) is 11.1 Å². The number of aryl methyl sites for hydroxylation is 1. The molecule has 3 aromatic carbocycles. The fourth-order valence-electron chi connectivity index (χ4n) is 2.89. The molecular weight excluding hydrogens is 703 g/mol. The summed E-state index contributed by atoms with van der Waals surface area (Å²) in [7, 11) is -7.87. The second kappa shape index (κ2) is 11.6. The van der Waals surface area contributed by atoms with Crippen LogP contribution in [0.4, 0.5) is 26.3 Å². The molecule has 0 amide bonds. The summed E-state index contributed by atoms with van der Waals surface area (Å²) in [6, 6.07) is 27.2. The Morgan fingerprint density at radius 2 is 0.912 bits per heavy atom. The van der Waals surface area contributed by atoms with Crippen molar-refractivity contribution in [3.8, 4) is 11.1 Å². The maximum atomic E-state index is 10.6. The third-order valence-electron chi connectivity index (χ3n) is 4.25. The quantitative estimate of drug-likeness (QED) is 0.169. The number of rotatable bonds is 1. The molecule has 0 atom stereocenters. The third kappa shape index (κ3) is 7.51. The van der Waals surface area contributed by atoms with Crippen molar-refractivity contribution < 1.29 is 43.2 Å². The Kier molecular flexibility index (Phi) is 9.67. The maximum Gasteiger partial charge on any atom is 0.373 e. The third-order valence-corrected chi connectivity index (χ3v) is 15.0. The summed E-state index contributed by atoms with van der Waals surface area (Å²) in [6.45, 7) is 2.16. The minimum Gasteiger partial charge on any atom is -0.416 e. The zero-order valence-corrected chi connectivity index (χ0v) is 22.2. The molecule has 0 radical (unpaired) electrons. The monoisotopic (exact) mass is 718 g/mol. The van der Waals surface area contributed by atoms with Crippen LogP contribution in [-0.4, -0.2) is 32.8 Å². The average Bonchev–Trinajstić information content (AvgIpc) is 3.08. The van der Waals surface area contributed by atoms with Crippen molar-refractivity contribution in [3.05, 3.63) is 78.4 Å². The standard InChI is InChI=1S/C12H8.C7H7.2CF3O2S.Bi/c1-3-7-11(8-4-1)12-9-5-2-6-10-12;1-7-5-3-2-4-6-7;2*2-1(3,4)7(5)6;/h1-7,9H;3-6H,1H3;;;/q;;2*-1;+2. The molecule has 34 heavy (non-hydrogen) atoms. The van der Waals surface area contributed by atoms with Crippen molar-refractivity contribution in [2.24, 2.45) is 0 Å². The van der Waals surface area contributed by atoms with Crippen LogP contribution < -0.4 is 9.81 Å². The Morgan fingerprint density at radius 1 is 0.588 bits per heavy atom. The Balaban J connectivity index is 0.000000244. The van der Waals surface area contributed by atoms with Crippen molar-refractivity contribution in [1.29, 1.82) is 0 Å². The van der Waals surface area contributed by atoms with Crippen LogP contribution in [0.1, 0.15) is 5.56 Å². The van der Waals surface area contributed by atoms with Crippen molar-refractivity contribution in [2.45, 2.75) is 17.9 Å². The van der Waals surface area contributed by atoms with Gasteiger partial charge in [0.25, 0.3) is 0 Å². The second-order valence-corrected chi connectivity index (χ2v) is 16.8. The van der Waals surface area contributed by atoms with Gasteiger partial charge in [-0.15, -0.1) is 0 Å². The van der Waals surface area contributed by atoms with Gasteiger partial charge in [0.1, 0.15) is 0 Å². The van der Waals surface area contributed by atoms with Crippen molar-refractivity contribution in [2.75, 3.05) is 0 Å². The van der Waals surface area contributed by atoms with Crippen molar-refractivity contribution in [1.82, 2.24) is 0 Å². The van der Waals surface area contributed by atoms with E-state index in [9.17, 15) is 26.3 Å². The molecule has 0 bridgehead atoms. The molecule has 1 heterocycles. The Hall–Kier alpha value is -1.98. The Bertz CT molecular complexity index is 1190. The van der Waals surface area contributed by atoms with Crippen LogP contribution in [0.3, 0.4) is 0 Å². The van der Waals surface area contributed by atoms with E-state index in [1.54, 1.807) is 9.81 Å². The van der Waals surface area contributed by atoms with Crippen LogP contribution in [0.5, 0.6) is 0 Å². The SMILES string of the molecule is Cc1cc[c]([Bi+2]2[c]3ccccc3-c3cccc[c]32)cc1.O=[S-](=O)C(F)(F)F.O=[S-](=O)C(F)(F)F. The first-order valence-corrected chi connectivity index (χ1v) is 16.5. The molecule has 4 rings (SSSR count). The van der Waals surface area contributed by atoms with Gasteiger partial charge in [-0.3, -0.25) is 0 Å². The predicted octanol–water partition coefficient (Wildman–Crippen LogP) is 4.12. The van der Waals surface area contributed by atoms with E-state index in [1.165, 1.54) is 16.7 Å². The summed E-state index contributed by atoms with van der Waals surface area (Å²) in [4.78, 5) is 0. The Labute approximate surface area is 202 Å². The molecule has 182 valence electrons. The van der Waals surface area contributed by atoms with E-state index in [1.807, 2.05) is 0 Å². The zero-order valence-electron chi connectivity index (χ0n) is 17.1. The van der Waals surface area contributed by atoms with Gasteiger partial charge in [0.15, 0.2) is 0 Å². The number of hydrogen-bond donors (Lipinski definition) is 0. The summed E-state index contributed by atoms with van der Waals surface area (Å²) in [6.07, 6.45) is 0. The van der Waals surface area contributed by atoms with E-state index >= 15 is 0 Å². The number of halogens is 6. The van der Waals surface area contributed by atoms with Crippen LogP contribution in [-0.2, 0) is 38.2 Å². The first kappa shape index (κ1) is 28.3. The molecule has 0 saturated carbocycles. The van der Waals surface area contributed by atoms with E-state index < -0.39 is 54.2 Å². The van der Waals surface area contributed by atoms with Crippen LogP contribution in [0.2, 0.25) is 0 Å². The number of alkyl halides is 6. The van der Waals surface area contributed by atoms with Gasteiger partial charge in [0.2, 0.25) is 0 Å². The summed E-state index contributed by atoms with van der Waals surface area (Å²) < 4.78 is 104. The van der Waals surface area contributed by atoms with Gasteiger partial charge >= 0.3 is 139 Å². The Morgan fingerprint density at radius 3 is 1.24 bits per heavy atom. The fraction of sp³-hybridized carbons (Fsp3) is 0.143. The fourth-order valence-corrected chi connectivity index (χ4v) is 13.0. The van der Waals surface area contributed by atoms with E-state index in [-0.39, 0.29) is 0 Å².